The van der Waals surface area contributed by atoms with Gasteiger partial charge in [-0.2, -0.15) is 0 Å². The zero-order valence-electron chi connectivity index (χ0n) is 13.2. The van der Waals surface area contributed by atoms with E-state index in [1.54, 1.807) is 12.1 Å². The first-order valence-corrected chi connectivity index (χ1v) is 7.78. The molecule has 0 radical (unpaired) electrons. The predicted molar refractivity (Wildman–Crippen MR) is 82.6 cm³/mol. The van der Waals surface area contributed by atoms with Crippen LogP contribution in [-0.2, 0) is 19.7 Å². The van der Waals surface area contributed by atoms with Gasteiger partial charge in [0, 0.05) is 7.11 Å². The van der Waals surface area contributed by atoms with Gasteiger partial charge in [0.15, 0.2) is 6.04 Å². The Morgan fingerprint density at radius 3 is 2.61 bits per heavy atom. The van der Waals surface area contributed by atoms with E-state index < -0.39 is 23.2 Å². The largest absolute Gasteiger partial charge is 0.480 e. The van der Waals surface area contributed by atoms with Crippen LogP contribution in [0, 0.1) is 5.82 Å². The van der Waals surface area contributed by atoms with Crippen molar-refractivity contribution in [2.24, 2.45) is 0 Å². The summed E-state index contributed by atoms with van der Waals surface area (Å²) < 4.78 is 18.5. The van der Waals surface area contributed by atoms with E-state index in [1.165, 1.54) is 19.2 Å². The van der Waals surface area contributed by atoms with Gasteiger partial charge in [-0.1, -0.05) is 31.4 Å². The maximum Gasteiger partial charge on any atom is 0.328 e. The molecule has 1 fully saturated rings. The number of carbonyl (C=O) groups is 2. The number of carboxylic acid groups (broad SMARTS) is 1. The lowest BCUT2D eigenvalue weighted by Crippen LogP contribution is -2.53. The van der Waals surface area contributed by atoms with E-state index in [9.17, 15) is 19.1 Å². The third-order valence-corrected chi connectivity index (χ3v) is 4.46. The summed E-state index contributed by atoms with van der Waals surface area (Å²) >= 11 is 0. The fourth-order valence-corrected chi connectivity index (χ4v) is 3.23. The molecule has 1 atom stereocenters. The van der Waals surface area contributed by atoms with Crippen LogP contribution in [0.4, 0.5) is 4.39 Å². The maximum absolute atomic E-state index is 13.6. The Bertz CT molecular complexity index is 569. The summed E-state index contributed by atoms with van der Waals surface area (Å²) in [6.07, 6.45) is 3.89. The molecule has 5 nitrogen and oxygen atoms in total. The molecule has 0 spiro atoms. The van der Waals surface area contributed by atoms with Crippen LogP contribution in [0.25, 0.3) is 0 Å². The summed E-state index contributed by atoms with van der Waals surface area (Å²) in [7, 11) is 1.38. The third-order valence-electron chi connectivity index (χ3n) is 4.46. The van der Waals surface area contributed by atoms with E-state index >= 15 is 0 Å². The number of methoxy groups -OCH3 is 1. The first-order chi connectivity index (χ1) is 11.0. The molecule has 1 aromatic rings. The first-order valence-electron chi connectivity index (χ1n) is 7.78. The van der Waals surface area contributed by atoms with Gasteiger partial charge in [-0.15, -0.1) is 0 Å². The van der Waals surface area contributed by atoms with Gasteiger partial charge in [0.1, 0.15) is 5.82 Å². The van der Waals surface area contributed by atoms with Gasteiger partial charge in [0.2, 0.25) is 5.91 Å². The monoisotopic (exact) mass is 323 g/mol. The summed E-state index contributed by atoms with van der Waals surface area (Å²) in [6, 6.07) is 4.91. The molecule has 6 heteroatoms. The standard InChI is InChI=1S/C17H22FNO4/c1-23-11-14(15(20)21)19-16(22)17(8-3-2-4-9-17)12-6-5-7-13(18)10-12/h5-7,10,14H,2-4,8-9,11H2,1H3,(H,19,22)(H,20,21). The van der Waals surface area contributed by atoms with Gasteiger partial charge in [-0.25, -0.2) is 9.18 Å². The molecular weight excluding hydrogens is 301 g/mol. The van der Waals surface area contributed by atoms with Crippen LogP contribution in [0.2, 0.25) is 0 Å². The Morgan fingerprint density at radius 1 is 1.35 bits per heavy atom. The minimum absolute atomic E-state index is 0.111. The van der Waals surface area contributed by atoms with Crippen LogP contribution in [0.15, 0.2) is 24.3 Å². The minimum Gasteiger partial charge on any atom is -0.480 e. The van der Waals surface area contributed by atoms with Gasteiger partial charge in [0.25, 0.3) is 0 Å². The van der Waals surface area contributed by atoms with Crippen molar-refractivity contribution >= 4 is 11.9 Å². The Labute approximate surface area is 134 Å². The van der Waals surface area contributed by atoms with Crippen LogP contribution in [-0.4, -0.2) is 36.7 Å². The van der Waals surface area contributed by atoms with Crippen molar-refractivity contribution in [3.63, 3.8) is 0 Å². The summed E-state index contributed by atoms with van der Waals surface area (Å²) in [4.78, 5) is 24.1. The molecule has 0 aliphatic heterocycles. The average Bonchev–Trinajstić information content (AvgIpc) is 2.54. The quantitative estimate of drug-likeness (QED) is 0.842. The lowest BCUT2D eigenvalue weighted by molar-refractivity contribution is -0.144. The topological polar surface area (TPSA) is 75.6 Å². The Morgan fingerprint density at radius 2 is 2.04 bits per heavy atom. The second-order valence-corrected chi connectivity index (χ2v) is 5.97. The molecule has 0 aromatic heterocycles. The number of hydrogen-bond donors (Lipinski definition) is 2. The van der Waals surface area contributed by atoms with E-state index in [0.717, 1.165) is 19.3 Å². The van der Waals surface area contributed by atoms with Crippen LogP contribution >= 0.6 is 0 Å². The van der Waals surface area contributed by atoms with Crippen molar-refractivity contribution in [3.8, 4) is 0 Å². The molecular formula is C17H22FNO4. The zero-order chi connectivity index (χ0) is 16.9. The van der Waals surface area contributed by atoms with Gasteiger partial charge in [-0.3, -0.25) is 4.79 Å². The summed E-state index contributed by atoms with van der Waals surface area (Å²) in [6.45, 7) is -0.111. The van der Waals surface area contributed by atoms with E-state index in [0.29, 0.717) is 18.4 Å². The lowest BCUT2D eigenvalue weighted by Gasteiger charge is -2.37. The van der Waals surface area contributed by atoms with Crippen molar-refractivity contribution in [1.82, 2.24) is 5.32 Å². The number of ether oxygens (including phenoxy) is 1. The average molecular weight is 323 g/mol. The van der Waals surface area contributed by atoms with E-state index in [1.807, 2.05) is 0 Å². The lowest BCUT2D eigenvalue weighted by atomic mass is 9.68. The van der Waals surface area contributed by atoms with Crippen molar-refractivity contribution in [1.29, 1.82) is 0 Å². The molecule has 1 aliphatic carbocycles. The second kappa shape index (κ2) is 7.55. The molecule has 1 aliphatic rings. The summed E-state index contributed by atoms with van der Waals surface area (Å²) in [5, 5.41) is 11.8. The number of carboxylic acids is 1. The number of amides is 1. The highest BCUT2D eigenvalue weighted by Crippen LogP contribution is 2.40. The number of nitrogens with one attached hydrogen (secondary N) is 1. The molecule has 23 heavy (non-hydrogen) atoms. The molecule has 0 heterocycles. The molecule has 1 saturated carbocycles. The van der Waals surface area contributed by atoms with Crippen LogP contribution in [0.5, 0.6) is 0 Å². The molecule has 0 bridgehead atoms. The molecule has 0 saturated heterocycles. The third kappa shape index (κ3) is 3.88. The minimum atomic E-state index is -1.15. The number of hydrogen-bond acceptors (Lipinski definition) is 3. The van der Waals surface area contributed by atoms with E-state index in [-0.39, 0.29) is 12.5 Å². The van der Waals surface area contributed by atoms with Crippen LogP contribution < -0.4 is 5.32 Å². The highest BCUT2D eigenvalue weighted by molar-refractivity contribution is 5.91. The highest BCUT2D eigenvalue weighted by Gasteiger charge is 2.42. The SMILES string of the molecule is COCC(NC(=O)C1(c2cccc(F)c2)CCCCC1)C(=O)O. The normalized spacial score (nSPS) is 18.2. The molecule has 126 valence electrons. The van der Waals surface area contributed by atoms with Gasteiger partial charge in [-0.05, 0) is 30.5 Å². The predicted octanol–water partition coefficient (Wildman–Crippen LogP) is 2.24. The smallest absolute Gasteiger partial charge is 0.328 e. The first kappa shape index (κ1) is 17.4. The number of benzene rings is 1. The van der Waals surface area contributed by atoms with Gasteiger partial charge < -0.3 is 15.2 Å². The Kier molecular flexibility index (Phi) is 5.71. The van der Waals surface area contributed by atoms with Crippen molar-refractivity contribution < 1.29 is 23.8 Å². The second-order valence-electron chi connectivity index (χ2n) is 5.97. The van der Waals surface area contributed by atoms with Crippen molar-refractivity contribution in [2.45, 2.75) is 43.6 Å². The fourth-order valence-electron chi connectivity index (χ4n) is 3.23. The number of halogens is 1. The van der Waals surface area contributed by atoms with E-state index in [4.69, 9.17) is 4.74 Å². The van der Waals surface area contributed by atoms with Crippen molar-refractivity contribution in [3.05, 3.63) is 35.6 Å². The summed E-state index contributed by atoms with van der Waals surface area (Å²) in [5.41, 5.74) is -0.266. The van der Waals surface area contributed by atoms with E-state index in [2.05, 4.69) is 5.32 Å². The number of rotatable bonds is 6. The zero-order valence-corrected chi connectivity index (χ0v) is 13.2. The maximum atomic E-state index is 13.6. The molecule has 2 rings (SSSR count). The summed E-state index contributed by atoms with van der Waals surface area (Å²) in [5.74, 6) is -1.91. The van der Waals surface area contributed by atoms with Crippen LogP contribution in [0.1, 0.15) is 37.7 Å². The molecule has 1 amide bonds. The Hall–Kier alpha value is -1.95. The molecule has 1 aromatic carbocycles. The fraction of sp³-hybridized carbons (Fsp3) is 0.529. The Balaban J connectivity index is 2.30. The molecule has 1 unspecified atom stereocenters. The van der Waals surface area contributed by atoms with Crippen molar-refractivity contribution in [2.75, 3.05) is 13.7 Å². The highest BCUT2D eigenvalue weighted by atomic mass is 19.1. The number of aliphatic carboxylic acids is 1. The van der Waals surface area contributed by atoms with Gasteiger partial charge in [0.05, 0.1) is 12.0 Å². The van der Waals surface area contributed by atoms with Crippen LogP contribution in [0.3, 0.4) is 0 Å². The molecule has 2 N–H and O–H groups in total. The number of carbonyl (C=O) groups excluding carboxylic acids is 1. The van der Waals surface area contributed by atoms with Gasteiger partial charge >= 0.3 is 5.97 Å².